The second-order valence-electron chi connectivity index (χ2n) is 5.93. The molecule has 1 fully saturated rings. The van der Waals surface area contributed by atoms with Gasteiger partial charge in [-0.2, -0.15) is 0 Å². The van der Waals surface area contributed by atoms with Gasteiger partial charge in [0, 0.05) is 6.04 Å². The number of rotatable bonds is 3. The predicted octanol–water partition coefficient (Wildman–Crippen LogP) is 0.950. The van der Waals surface area contributed by atoms with Crippen molar-refractivity contribution in [3.8, 4) is 0 Å². The average Bonchev–Trinajstić information content (AvgIpc) is 2.58. The van der Waals surface area contributed by atoms with Gasteiger partial charge in [0.05, 0.1) is 5.39 Å². The van der Waals surface area contributed by atoms with Crippen LogP contribution in [0.5, 0.6) is 0 Å². The van der Waals surface area contributed by atoms with E-state index in [-0.39, 0.29) is 12.6 Å². The molecule has 3 amide bonds. The third kappa shape index (κ3) is 3.76. The molecule has 0 saturated heterocycles. The number of carbonyl (C=O) groups is 2. The van der Waals surface area contributed by atoms with Crippen LogP contribution in [0.2, 0.25) is 0 Å². The first kappa shape index (κ1) is 16.1. The first-order valence-electron chi connectivity index (χ1n) is 8.06. The van der Waals surface area contributed by atoms with E-state index >= 15 is 0 Å². The summed E-state index contributed by atoms with van der Waals surface area (Å²) in [6, 6.07) is 6.34. The number of hydrogen-bond donors (Lipinski definition) is 2. The summed E-state index contributed by atoms with van der Waals surface area (Å²) in [5.41, 5.74) is 0.0534. The van der Waals surface area contributed by atoms with E-state index in [1.165, 1.54) is 6.42 Å². The molecule has 24 heavy (non-hydrogen) atoms. The largest absolute Gasteiger partial charge is 0.335 e. The van der Waals surface area contributed by atoms with Gasteiger partial charge in [0.25, 0.3) is 5.56 Å². The van der Waals surface area contributed by atoms with Gasteiger partial charge in [0.1, 0.15) is 12.1 Å². The van der Waals surface area contributed by atoms with Crippen molar-refractivity contribution in [3.63, 3.8) is 0 Å². The number of aromatic nitrogens is 3. The Hall–Kier alpha value is -2.77. The number of nitrogens with one attached hydrogen (secondary N) is 2. The minimum Gasteiger partial charge on any atom is -0.335 e. The summed E-state index contributed by atoms with van der Waals surface area (Å²) < 4.78 is 0.950. The van der Waals surface area contributed by atoms with Gasteiger partial charge in [0.15, 0.2) is 0 Å². The molecular weight excluding hydrogens is 310 g/mol. The lowest BCUT2D eigenvalue weighted by Crippen LogP contribution is -2.46. The second kappa shape index (κ2) is 7.20. The molecular formula is C16H19N5O3. The number of urea groups is 1. The van der Waals surface area contributed by atoms with Crippen LogP contribution in [0, 0.1) is 0 Å². The standard InChI is InChI=1S/C16H19N5O3/c22-14(18-16(24)17-11-6-2-1-3-7-11)10-21-15(23)12-8-4-5-9-13(12)19-20-21/h4-5,8-9,11H,1-3,6-7,10H2,(H2,17,18,22,24). The normalized spacial score (nSPS) is 15.2. The second-order valence-corrected chi connectivity index (χ2v) is 5.93. The van der Waals surface area contributed by atoms with Crippen molar-refractivity contribution in [2.75, 3.05) is 0 Å². The van der Waals surface area contributed by atoms with E-state index in [2.05, 4.69) is 20.9 Å². The van der Waals surface area contributed by atoms with E-state index in [4.69, 9.17) is 0 Å². The predicted molar refractivity (Wildman–Crippen MR) is 87.3 cm³/mol. The molecule has 0 spiro atoms. The quantitative estimate of drug-likeness (QED) is 0.872. The minimum absolute atomic E-state index is 0.106. The zero-order chi connectivity index (χ0) is 16.9. The maximum absolute atomic E-state index is 12.2. The number of carbonyl (C=O) groups excluding carboxylic acids is 2. The fraction of sp³-hybridized carbons (Fsp3) is 0.438. The van der Waals surface area contributed by atoms with Crippen molar-refractivity contribution in [2.24, 2.45) is 0 Å². The lowest BCUT2D eigenvalue weighted by atomic mass is 9.96. The van der Waals surface area contributed by atoms with E-state index in [1.807, 2.05) is 0 Å². The number of amides is 3. The highest BCUT2D eigenvalue weighted by Crippen LogP contribution is 2.17. The Balaban J connectivity index is 1.61. The van der Waals surface area contributed by atoms with Gasteiger partial charge in [-0.15, -0.1) is 5.10 Å². The molecule has 0 aliphatic heterocycles. The Morgan fingerprint density at radius 1 is 1.17 bits per heavy atom. The molecule has 8 nitrogen and oxygen atoms in total. The Morgan fingerprint density at radius 2 is 1.92 bits per heavy atom. The van der Waals surface area contributed by atoms with Crippen molar-refractivity contribution >= 4 is 22.8 Å². The fourth-order valence-electron chi connectivity index (χ4n) is 2.90. The molecule has 0 atom stereocenters. The average molecular weight is 329 g/mol. The Labute approximate surface area is 138 Å². The molecule has 8 heteroatoms. The summed E-state index contributed by atoms with van der Waals surface area (Å²) >= 11 is 0. The summed E-state index contributed by atoms with van der Waals surface area (Å²) in [5.74, 6) is -0.602. The smallest absolute Gasteiger partial charge is 0.321 e. The van der Waals surface area contributed by atoms with Crippen molar-refractivity contribution in [1.29, 1.82) is 0 Å². The molecule has 1 saturated carbocycles. The van der Waals surface area contributed by atoms with Gasteiger partial charge in [-0.3, -0.25) is 14.9 Å². The maximum atomic E-state index is 12.2. The maximum Gasteiger partial charge on any atom is 0.321 e. The van der Waals surface area contributed by atoms with Crippen molar-refractivity contribution in [1.82, 2.24) is 25.6 Å². The topological polar surface area (TPSA) is 106 Å². The van der Waals surface area contributed by atoms with Crippen LogP contribution in [0.4, 0.5) is 4.79 Å². The highest BCUT2D eigenvalue weighted by atomic mass is 16.2. The number of fused-ring (bicyclic) bond motifs is 1. The number of hydrogen-bond acceptors (Lipinski definition) is 5. The SMILES string of the molecule is O=C(Cn1nnc2ccccc2c1=O)NC(=O)NC1CCCCC1. The van der Waals surface area contributed by atoms with Crippen LogP contribution in [0.25, 0.3) is 10.9 Å². The third-order valence-corrected chi connectivity index (χ3v) is 4.12. The molecule has 1 heterocycles. The zero-order valence-electron chi connectivity index (χ0n) is 13.2. The van der Waals surface area contributed by atoms with Crippen LogP contribution in [-0.4, -0.2) is 33.0 Å². The van der Waals surface area contributed by atoms with Crippen LogP contribution >= 0.6 is 0 Å². The minimum atomic E-state index is -0.602. The molecule has 1 aromatic heterocycles. The Bertz CT molecular complexity index is 811. The van der Waals surface area contributed by atoms with Crippen LogP contribution in [0.15, 0.2) is 29.1 Å². The molecule has 1 aliphatic rings. The molecule has 3 rings (SSSR count). The van der Waals surface area contributed by atoms with Gasteiger partial charge in [-0.25, -0.2) is 9.48 Å². The number of benzene rings is 1. The van der Waals surface area contributed by atoms with Crippen LogP contribution in [0.1, 0.15) is 32.1 Å². The first-order valence-corrected chi connectivity index (χ1v) is 8.06. The highest BCUT2D eigenvalue weighted by Gasteiger charge is 2.17. The summed E-state index contributed by atoms with van der Waals surface area (Å²) in [6.45, 7) is -0.352. The lowest BCUT2D eigenvalue weighted by molar-refractivity contribution is -0.120. The third-order valence-electron chi connectivity index (χ3n) is 4.12. The highest BCUT2D eigenvalue weighted by molar-refractivity contribution is 5.94. The molecule has 1 aromatic carbocycles. The summed E-state index contributed by atoms with van der Waals surface area (Å²) in [6.07, 6.45) is 5.21. The summed E-state index contributed by atoms with van der Waals surface area (Å²) in [4.78, 5) is 36.0. The van der Waals surface area contributed by atoms with E-state index in [0.717, 1.165) is 30.4 Å². The number of nitrogens with zero attached hydrogens (tertiary/aromatic N) is 3. The molecule has 0 radical (unpaired) electrons. The molecule has 0 bridgehead atoms. The van der Waals surface area contributed by atoms with Crippen LogP contribution in [0.3, 0.4) is 0 Å². The lowest BCUT2D eigenvalue weighted by Gasteiger charge is -2.22. The van der Waals surface area contributed by atoms with Gasteiger partial charge < -0.3 is 5.32 Å². The van der Waals surface area contributed by atoms with E-state index in [1.54, 1.807) is 24.3 Å². The van der Waals surface area contributed by atoms with E-state index in [0.29, 0.717) is 10.9 Å². The molecule has 1 aliphatic carbocycles. The van der Waals surface area contributed by atoms with Gasteiger partial charge in [-0.05, 0) is 25.0 Å². The molecule has 0 unspecified atom stereocenters. The molecule has 2 aromatic rings. The van der Waals surface area contributed by atoms with Crippen molar-refractivity contribution in [3.05, 3.63) is 34.6 Å². The Morgan fingerprint density at radius 3 is 2.71 bits per heavy atom. The molecule has 126 valence electrons. The monoisotopic (exact) mass is 329 g/mol. The zero-order valence-corrected chi connectivity index (χ0v) is 13.2. The number of imide groups is 1. The van der Waals surface area contributed by atoms with E-state index in [9.17, 15) is 14.4 Å². The molecule has 2 N–H and O–H groups in total. The summed E-state index contributed by atoms with van der Waals surface area (Å²) in [5, 5.41) is 13.0. The summed E-state index contributed by atoms with van der Waals surface area (Å²) in [7, 11) is 0. The van der Waals surface area contributed by atoms with Crippen LogP contribution < -0.4 is 16.2 Å². The van der Waals surface area contributed by atoms with E-state index < -0.39 is 17.5 Å². The van der Waals surface area contributed by atoms with Crippen molar-refractivity contribution < 1.29 is 9.59 Å². The van der Waals surface area contributed by atoms with Gasteiger partial charge in [0.2, 0.25) is 5.91 Å². The van der Waals surface area contributed by atoms with Crippen LogP contribution in [-0.2, 0) is 11.3 Å². The van der Waals surface area contributed by atoms with Gasteiger partial charge in [-0.1, -0.05) is 36.6 Å². The first-order chi connectivity index (χ1) is 11.6. The van der Waals surface area contributed by atoms with Crippen molar-refractivity contribution in [2.45, 2.75) is 44.7 Å². The van der Waals surface area contributed by atoms with Gasteiger partial charge >= 0.3 is 6.03 Å². The fourth-order valence-corrected chi connectivity index (χ4v) is 2.90. The Kier molecular flexibility index (Phi) is 4.83.